The lowest BCUT2D eigenvalue weighted by atomic mass is 10.2. The Bertz CT molecular complexity index is 507. The van der Waals surface area contributed by atoms with Crippen molar-refractivity contribution in [3.8, 4) is 5.69 Å². The van der Waals surface area contributed by atoms with Crippen LogP contribution in [0, 0.1) is 6.92 Å². The highest BCUT2D eigenvalue weighted by Gasteiger charge is 2.09. The minimum atomic E-state index is 0.222. The van der Waals surface area contributed by atoms with Gasteiger partial charge in [0, 0.05) is 25.5 Å². The quantitative estimate of drug-likeness (QED) is 0.880. The number of hydrogen-bond donors (Lipinski definition) is 1. The van der Waals surface area contributed by atoms with Crippen molar-refractivity contribution in [2.24, 2.45) is 0 Å². The molecule has 0 aliphatic heterocycles. The summed E-state index contributed by atoms with van der Waals surface area (Å²) < 4.78 is 7.18. The first-order valence-corrected chi connectivity index (χ1v) is 6.07. The van der Waals surface area contributed by atoms with Gasteiger partial charge in [0.1, 0.15) is 0 Å². The Morgan fingerprint density at radius 2 is 2.17 bits per heavy atom. The fourth-order valence-corrected chi connectivity index (χ4v) is 1.95. The molecule has 0 saturated carbocycles. The Morgan fingerprint density at radius 3 is 2.89 bits per heavy atom. The Hall–Kier alpha value is -1.81. The highest BCUT2D eigenvalue weighted by Crippen LogP contribution is 2.18. The van der Waals surface area contributed by atoms with Crippen LogP contribution < -0.4 is 5.32 Å². The third-order valence-electron chi connectivity index (χ3n) is 2.81. The number of hydrogen-bond acceptors (Lipinski definition) is 3. The lowest BCUT2D eigenvalue weighted by Gasteiger charge is -2.16. The van der Waals surface area contributed by atoms with Crippen LogP contribution in [0.4, 0.5) is 5.95 Å². The van der Waals surface area contributed by atoms with Crippen molar-refractivity contribution in [1.29, 1.82) is 0 Å². The van der Waals surface area contributed by atoms with Gasteiger partial charge >= 0.3 is 0 Å². The van der Waals surface area contributed by atoms with Gasteiger partial charge in [-0.15, -0.1) is 0 Å². The molecule has 18 heavy (non-hydrogen) atoms. The van der Waals surface area contributed by atoms with E-state index < -0.39 is 0 Å². The van der Waals surface area contributed by atoms with E-state index in [1.165, 1.54) is 5.56 Å². The van der Waals surface area contributed by atoms with Crippen molar-refractivity contribution in [1.82, 2.24) is 9.55 Å². The molecule has 4 nitrogen and oxygen atoms in total. The van der Waals surface area contributed by atoms with Crippen LogP contribution in [0.2, 0.25) is 0 Å². The van der Waals surface area contributed by atoms with E-state index in [4.69, 9.17) is 4.74 Å². The van der Waals surface area contributed by atoms with Crippen LogP contribution in [-0.2, 0) is 4.74 Å². The maximum absolute atomic E-state index is 5.12. The number of rotatable bonds is 5. The van der Waals surface area contributed by atoms with Crippen LogP contribution in [-0.4, -0.2) is 29.3 Å². The molecule has 1 aromatic carbocycles. The van der Waals surface area contributed by atoms with Crippen LogP contribution in [0.25, 0.3) is 5.69 Å². The summed E-state index contributed by atoms with van der Waals surface area (Å²) in [4.78, 5) is 4.35. The van der Waals surface area contributed by atoms with Gasteiger partial charge in [0.25, 0.3) is 0 Å². The molecule has 2 rings (SSSR count). The maximum Gasteiger partial charge on any atom is 0.207 e. The molecule has 2 aromatic rings. The molecular weight excluding hydrogens is 226 g/mol. The molecule has 1 heterocycles. The summed E-state index contributed by atoms with van der Waals surface area (Å²) in [5.41, 5.74) is 2.36. The van der Waals surface area contributed by atoms with Crippen LogP contribution in [0.1, 0.15) is 12.5 Å². The molecule has 4 heteroatoms. The average molecular weight is 245 g/mol. The summed E-state index contributed by atoms with van der Waals surface area (Å²) in [5.74, 6) is 0.842. The normalized spacial score (nSPS) is 12.4. The Morgan fingerprint density at radius 1 is 1.39 bits per heavy atom. The lowest BCUT2D eigenvalue weighted by molar-refractivity contribution is 0.190. The highest BCUT2D eigenvalue weighted by molar-refractivity contribution is 5.46. The van der Waals surface area contributed by atoms with E-state index in [1.807, 2.05) is 18.3 Å². The predicted molar refractivity (Wildman–Crippen MR) is 73.3 cm³/mol. The number of aromatic nitrogens is 2. The standard InChI is InChI=1S/C14H19N3O/c1-11-6-4-5-7-13(11)17-9-8-15-14(17)16-12(2)10-18-3/h4-9,12H,10H2,1-3H3,(H,15,16). The lowest BCUT2D eigenvalue weighted by Crippen LogP contribution is -2.23. The number of nitrogens with one attached hydrogen (secondary N) is 1. The number of nitrogens with zero attached hydrogens (tertiary/aromatic N) is 2. The second-order valence-electron chi connectivity index (χ2n) is 4.41. The molecule has 1 atom stereocenters. The van der Waals surface area contributed by atoms with Gasteiger partial charge in [-0.2, -0.15) is 0 Å². The number of para-hydroxylation sites is 1. The third-order valence-corrected chi connectivity index (χ3v) is 2.81. The first kappa shape index (κ1) is 12.6. The predicted octanol–water partition coefficient (Wildman–Crippen LogP) is 2.63. The van der Waals surface area contributed by atoms with Crippen LogP contribution in [0.15, 0.2) is 36.7 Å². The molecule has 0 fully saturated rings. The average Bonchev–Trinajstić information content (AvgIpc) is 2.78. The SMILES string of the molecule is COCC(C)Nc1nccn1-c1ccccc1C. The third kappa shape index (κ3) is 2.71. The first-order valence-electron chi connectivity index (χ1n) is 6.07. The molecular formula is C14H19N3O. The summed E-state index contributed by atoms with van der Waals surface area (Å²) in [5, 5.41) is 3.34. The number of aryl methyl sites for hydroxylation is 1. The highest BCUT2D eigenvalue weighted by atomic mass is 16.5. The van der Waals surface area contributed by atoms with E-state index in [0.29, 0.717) is 6.61 Å². The Labute approximate surface area is 108 Å². The largest absolute Gasteiger partial charge is 0.383 e. The summed E-state index contributed by atoms with van der Waals surface area (Å²) >= 11 is 0. The number of benzene rings is 1. The van der Waals surface area contributed by atoms with Crippen molar-refractivity contribution >= 4 is 5.95 Å². The summed E-state index contributed by atoms with van der Waals surface area (Å²) in [6.45, 7) is 4.82. The van der Waals surface area contributed by atoms with Crippen molar-refractivity contribution in [2.75, 3.05) is 19.0 Å². The van der Waals surface area contributed by atoms with Crippen LogP contribution in [0.3, 0.4) is 0 Å². The number of imidazole rings is 1. The molecule has 0 radical (unpaired) electrons. The van der Waals surface area contributed by atoms with Crippen molar-refractivity contribution in [3.63, 3.8) is 0 Å². The Kier molecular flexibility index (Phi) is 3.99. The smallest absolute Gasteiger partial charge is 0.207 e. The van der Waals surface area contributed by atoms with E-state index in [0.717, 1.165) is 11.6 Å². The molecule has 1 aromatic heterocycles. The van der Waals surface area contributed by atoms with E-state index in [2.05, 4.69) is 40.8 Å². The second-order valence-corrected chi connectivity index (χ2v) is 4.41. The van der Waals surface area contributed by atoms with E-state index >= 15 is 0 Å². The van der Waals surface area contributed by atoms with E-state index in [-0.39, 0.29) is 6.04 Å². The minimum absolute atomic E-state index is 0.222. The maximum atomic E-state index is 5.12. The van der Waals surface area contributed by atoms with Crippen molar-refractivity contribution < 1.29 is 4.74 Å². The molecule has 0 aliphatic carbocycles. The molecule has 0 saturated heterocycles. The van der Waals surface area contributed by atoms with Gasteiger partial charge in [0.2, 0.25) is 5.95 Å². The van der Waals surface area contributed by atoms with Crippen LogP contribution in [0.5, 0.6) is 0 Å². The van der Waals surface area contributed by atoms with Crippen molar-refractivity contribution in [2.45, 2.75) is 19.9 Å². The molecule has 0 bridgehead atoms. The van der Waals surface area contributed by atoms with Crippen molar-refractivity contribution in [3.05, 3.63) is 42.2 Å². The van der Waals surface area contributed by atoms with Gasteiger partial charge < -0.3 is 10.1 Å². The first-order chi connectivity index (χ1) is 8.72. The number of ether oxygens (including phenoxy) is 1. The Balaban J connectivity index is 2.25. The number of methoxy groups -OCH3 is 1. The molecule has 1 N–H and O–H groups in total. The van der Waals surface area contributed by atoms with Gasteiger partial charge in [-0.25, -0.2) is 4.98 Å². The summed E-state index contributed by atoms with van der Waals surface area (Å²) in [7, 11) is 1.70. The van der Waals surface area contributed by atoms with Crippen LogP contribution >= 0.6 is 0 Å². The topological polar surface area (TPSA) is 39.1 Å². The molecule has 96 valence electrons. The van der Waals surface area contributed by atoms with Gasteiger partial charge in [0.05, 0.1) is 12.3 Å². The number of anilines is 1. The molecule has 0 spiro atoms. The summed E-state index contributed by atoms with van der Waals surface area (Å²) in [6.07, 6.45) is 3.76. The van der Waals surface area contributed by atoms with Gasteiger partial charge in [-0.1, -0.05) is 18.2 Å². The van der Waals surface area contributed by atoms with Gasteiger partial charge in [-0.3, -0.25) is 4.57 Å². The zero-order valence-electron chi connectivity index (χ0n) is 11.1. The molecule has 0 amide bonds. The zero-order valence-corrected chi connectivity index (χ0v) is 11.1. The fourth-order valence-electron chi connectivity index (χ4n) is 1.95. The summed E-state index contributed by atoms with van der Waals surface area (Å²) in [6, 6.07) is 8.47. The molecule has 1 unspecified atom stereocenters. The fraction of sp³-hybridized carbons (Fsp3) is 0.357. The monoisotopic (exact) mass is 245 g/mol. The minimum Gasteiger partial charge on any atom is -0.383 e. The van der Waals surface area contributed by atoms with Gasteiger partial charge in [0.15, 0.2) is 0 Å². The van der Waals surface area contributed by atoms with E-state index in [1.54, 1.807) is 13.3 Å². The van der Waals surface area contributed by atoms with E-state index in [9.17, 15) is 0 Å². The zero-order chi connectivity index (χ0) is 13.0. The second kappa shape index (κ2) is 5.69. The molecule has 0 aliphatic rings. The van der Waals surface area contributed by atoms with Gasteiger partial charge in [-0.05, 0) is 25.5 Å².